The first-order valence-corrected chi connectivity index (χ1v) is 9.42. The zero-order valence-electron chi connectivity index (χ0n) is 15.6. The molecule has 0 aliphatic heterocycles. The van der Waals surface area contributed by atoms with Crippen molar-refractivity contribution in [3.63, 3.8) is 0 Å². The van der Waals surface area contributed by atoms with E-state index in [-0.39, 0.29) is 5.69 Å². The summed E-state index contributed by atoms with van der Waals surface area (Å²) in [5.41, 5.74) is 3.92. The van der Waals surface area contributed by atoms with E-state index in [4.69, 9.17) is 0 Å². The van der Waals surface area contributed by atoms with Gasteiger partial charge in [0.2, 0.25) is 5.16 Å². The highest BCUT2D eigenvalue weighted by atomic mass is 32.2. The topological polar surface area (TPSA) is 113 Å². The van der Waals surface area contributed by atoms with Crippen LogP contribution in [0.2, 0.25) is 0 Å². The standard InChI is InChI=1S/C19H15N7O2S/c1-12-3-4-15(9-13(12)2)25-17(14-5-7-20-8-6-14)23-24-19(25)29-18-21-10-16(11-22-18)26(27)28/h3-11H,1-2H3. The van der Waals surface area contributed by atoms with Gasteiger partial charge in [-0.2, -0.15) is 0 Å². The molecule has 0 N–H and O–H groups in total. The van der Waals surface area contributed by atoms with Gasteiger partial charge < -0.3 is 0 Å². The average Bonchev–Trinajstić information content (AvgIpc) is 3.14. The first-order valence-electron chi connectivity index (χ1n) is 8.60. The zero-order chi connectivity index (χ0) is 20.4. The van der Waals surface area contributed by atoms with Crippen LogP contribution in [0.15, 0.2) is 65.4 Å². The third kappa shape index (κ3) is 3.83. The maximum absolute atomic E-state index is 10.8. The molecule has 0 fully saturated rings. The van der Waals surface area contributed by atoms with Gasteiger partial charge >= 0.3 is 5.69 Å². The molecule has 0 aliphatic rings. The van der Waals surface area contributed by atoms with Crippen LogP contribution in [-0.2, 0) is 0 Å². The summed E-state index contributed by atoms with van der Waals surface area (Å²) in [6.45, 7) is 4.09. The van der Waals surface area contributed by atoms with Crippen molar-refractivity contribution in [2.75, 3.05) is 0 Å². The molecule has 144 valence electrons. The second kappa shape index (κ2) is 7.76. The molecule has 0 spiro atoms. The maximum atomic E-state index is 10.8. The first kappa shape index (κ1) is 18.7. The highest BCUT2D eigenvalue weighted by molar-refractivity contribution is 7.99. The molecular formula is C19H15N7O2S. The minimum absolute atomic E-state index is 0.164. The minimum Gasteiger partial charge on any atom is -0.270 e. The summed E-state index contributed by atoms with van der Waals surface area (Å²) in [7, 11) is 0. The first-order chi connectivity index (χ1) is 14.0. The lowest BCUT2D eigenvalue weighted by Gasteiger charge is -2.11. The van der Waals surface area contributed by atoms with Gasteiger partial charge in [0, 0.05) is 18.0 Å². The molecular weight excluding hydrogens is 390 g/mol. The molecule has 0 aliphatic carbocycles. The quantitative estimate of drug-likeness (QED) is 0.280. The summed E-state index contributed by atoms with van der Waals surface area (Å²) in [6, 6.07) is 9.82. The molecule has 0 radical (unpaired) electrons. The Balaban J connectivity index is 1.80. The van der Waals surface area contributed by atoms with Gasteiger partial charge in [-0.15, -0.1) is 10.2 Å². The second-order valence-corrected chi connectivity index (χ2v) is 7.16. The molecule has 0 unspecified atom stereocenters. The van der Waals surface area contributed by atoms with E-state index in [0.29, 0.717) is 16.1 Å². The Hall–Kier alpha value is -3.66. The second-order valence-electron chi connectivity index (χ2n) is 6.23. The van der Waals surface area contributed by atoms with Crippen molar-refractivity contribution in [1.29, 1.82) is 0 Å². The molecule has 0 atom stereocenters. The van der Waals surface area contributed by atoms with Gasteiger partial charge in [0.25, 0.3) is 0 Å². The number of nitro groups is 1. The lowest BCUT2D eigenvalue weighted by molar-refractivity contribution is -0.385. The SMILES string of the molecule is Cc1ccc(-n2c(Sc3ncc([N+](=O)[O-])cn3)nnc2-c2ccncc2)cc1C. The fourth-order valence-corrected chi connectivity index (χ4v) is 3.40. The number of aryl methyl sites for hydroxylation is 2. The molecule has 0 saturated heterocycles. The summed E-state index contributed by atoms with van der Waals surface area (Å²) >= 11 is 1.18. The van der Waals surface area contributed by atoms with Gasteiger partial charge in [-0.1, -0.05) is 6.07 Å². The van der Waals surface area contributed by atoms with E-state index < -0.39 is 4.92 Å². The van der Waals surface area contributed by atoms with Crippen LogP contribution in [0.1, 0.15) is 11.1 Å². The van der Waals surface area contributed by atoms with E-state index in [1.54, 1.807) is 12.4 Å². The van der Waals surface area contributed by atoms with Crippen molar-refractivity contribution >= 4 is 17.4 Å². The van der Waals surface area contributed by atoms with Crippen LogP contribution in [0.4, 0.5) is 5.69 Å². The van der Waals surface area contributed by atoms with E-state index >= 15 is 0 Å². The fraction of sp³-hybridized carbons (Fsp3) is 0.105. The minimum atomic E-state index is -0.534. The number of rotatable bonds is 5. The van der Waals surface area contributed by atoms with Crippen molar-refractivity contribution in [2.45, 2.75) is 24.2 Å². The van der Waals surface area contributed by atoms with Gasteiger partial charge in [0.05, 0.1) is 10.6 Å². The highest BCUT2D eigenvalue weighted by Crippen LogP contribution is 2.31. The molecule has 1 aromatic carbocycles. The molecule has 4 aromatic rings. The molecule has 0 saturated carbocycles. The number of nitrogens with zero attached hydrogens (tertiary/aromatic N) is 7. The van der Waals surface area contributed by atoms with Gasteiger partial charge in [0.15, 0.2) is 11.0 Å². The van der Waals surface area contributed by atoms with Gasteiger partial charge in [-0.25, -0.2) is 9.97 Å². The van der Waals surface area contributed by atoms with Crippen LogP contribution in [0.3, 0.4) is 0 Å². The maximum Gasteiger partial charge on any atom is 0.305 e. The summed E-state index contributed by atoms with van der Waals surface area (Å²) in [6.07, 6.45) is 5.74. The molecule has 4 rings (SSSR count). The predicted molar refractivity (Wildman–Crippen MR) is 107 cm³/mol. The molecule has 0 bridgehead atoms. The molecule has 10 heteroatoms. The van der Waals surface area contributed by atoms with Crippen molar-refractivity contribution in [2.24, 2.45) is 0 Å². The third-order valence-corrected chi connectivity index (χ3v) is 5.17. The Morgan fingerprint density at radius 3 is 2.38 bits per heavy atom. The molecule has 9 nitrogen and oxygen atoms in total. The lowest BCUT2D eigenvalue weighted by Crippen LogP contribution is -2.01. The van der Waals surface area contributed by atoms with Crippen molar-refractivity contribution in [3.8, 4) is 17.1 Å². The van der Waals surface area contributed by atoms with E-state index in [0.717, 1.165) is 16.8 Å². The Kier molecular flexibility index (Phi) is 5.00. The van der Waals surface area contributed by atoms with Crippen molar-refractivity contribution in [1.82, 2.24) is 29.7 Å². The van der Waals surface area contributed by atoms with E-state index in [9.17, 15) is 10.1 Å². The van der Waals surface area contributed by atoms with E-state index in [1.165, 1.54) is 29.7 Å². The highest BCUT2D eigenvalue weighted by Gasteiger charge is 2.19. The van der Waals surface area contributed by atoms with Crippen LogP contribution < -0.4 is 0 Å². The van der Waals surface area contributed by atoms with Crippen LogP contribution in [0.5, 0.6) is 0 Å². The summed E-state index contributed by atoms with van der Waals surface area (Å²) in [4.78, 5) is 22.5. The van der Waals surface area contributed by atoms with Gasteiger partial charge in [-0.3, -0.25) is 19.7 Å². The normalized spacial score (nSPS) is 10.8. The monoisotopic (exact) mass is 405 g/mol. The summed E-state index contributed by atoms with van der Waals surface area (Å²) < 4.78 is 1.91. The molecule has 0 amide bonds. The predicted octanol–water partition coefficient (Wildman–Crippen LogP) is 3.80. The smallest absolute Gasteiger partial charge is 0.270 e. The van der Waals surface area contributed by atoms with Crippen molar-refractivity contribution < 1.29 is 4.92 Å². The average molecular weight is 405 g/mol. The number of hydrogen-bond donors (Lipinski definition) is 0. The van der Waals surface area contributed by atoms with E-state index in [1.807, 2.05) is 35.8 Å². The summed E-state index contributed by atoms with van der Waals surface area (Å²) in [5, 5.41) is 20.4. The van der Waals surface area contributed by atoms with Crippen LogP contribution in [0, 0.1) is 24.0 Å². The molecule has 3 aromatic heterocycles. The Labute approximate surface area is 170 Å². The third-order valence-electron chi connectivity index (χ3n) is 4.33. The molecule has 3 heterocycles. The molecule has 29 heavy (non-hydrogen) atoms. The van der Waals surface area contributed by atoms with Gasteiger partial charge in [-0.05, 0) is 61.0 Å². The van der Waals surface area contributed by atoms with Gasteiger partial charge in [0.1, 0.15) is 12.4 Å². The number of aromatic nitrogens is 6. The zero-order valence-corrected chi connectivity index (χ0v) is 16.4. The number of hydrogen-bond acceptors (Lipinski definition) is 8. The van der Waals surface area contributed by atoms with Crippen LogP contribution in [-0.4, -0.2) is 34.6 Å². The Bertz CT molecular complexity index is 1180. The van der Waals surface area contributed by atoms with Crippen LogP contribution >= 0.6 is 11.8 Å². The summed E-state index contributed by atoms with van der Waals surface area (Å²) in [5.74, 6) is 0.653. The number of benzene rings is 1. The van der Waals surface area contributed by atoms with Crippen molar-refractivity contribution in [3.05, 3.63) is 76.4 Å². The van der Waals surface area contributed by atoms with E-state index in [2.05, 4.69) is 38.1 Å². The largest absolute Gasteiger partial charge is 0.305 e. The Morgan fingerprint density at radius 1 is 1.00 bits per heavy atom. The fourth-order valence-electron chi connectivity index (χ4n) is 2.66. The number of pyridine rings is 1. The van der Waals surface area contributed by atoms with Crippen LogP contribution in [0.25, 0.3) is 17.1 Å². The lowest BCUT2D eigenvalue weighted by atomic mass is 10.1. The Morgan fingerprint density at radius 2 is 1.72 bits per heavy atom.